The van der Waals surface area contributed by atoms with Gasteiger partial charge in [-0.25, -0.2) is 4.98 Å². The molecule has 1 fully saturated rings. The molecule has 1 aliphatic heterocycles. The van der Waals surface area contributed by atoms with Crippen LogP contribution in [-0.4, -0.2) is 24.0 Å². The van der Waals surface area contributed by atoms with Crippen molar-refractivity contribution in [1.82, 2.24) is 4.98 Å². The lowest BCUT2D eigenvalue weighted by atomic mass is 10.1. The fourth-order valence-electron chi connectivity index (χ4n) is 2.51. The Labute approximate surface area is 129 Å². The zero-order valence-electron chi connectivity index (χ0n) is 12.4. The molecule has 1 aliphatic rings. The van der Waals surface area contributed by atoms with Gasteiger partial charge in [0.15, 0.2) is 0 Å². The summed E-state index contributed by atoms with van der Waals surface area (Å²) in [6, 6.07) is 7.40. The van der Waals surface area contributed by atoms with Gasteiger partial charge in [0.25, 0.3) is 0 Å². The van der Waals surface area contributed by atoms with E-state index >= 15 is 0 Å². The first-order valence-corrected chi connectivity index (χ1v) is 7.55. The highest BCUT2D eigenvalue weighted by Crippen LogP contribution is 2.19. The van der Waals surface area contributed by atoms with E-state index in [9.17, 15) is 4.79 Å². The number of piperidine rings is 1. The maximum Gasteiger partial charge on any atom is 0.249 e. The summed E-state index contributed by atoms with van der Waals surface area (Å²) in [6.45, 7) is 2.17. The number of pyridine rings is 1. The fourth-order valence-corrected chi connectivity index (χ4v) is 2.51. The van der Waals surface area contributed by atoms with Crippen molar-refractivity contribution in [2.75, 3.05) is 23.3 Å². The van der Waals surface area contributed by atoms with Gasteiger partial charge >= 0.3 is 0 Å². The lowest BCUT2D eigenvalue weighted by Crippen LogP contribution is -2.29. The molecule has 1 amide bonds. The number of amides is 1. The second-order valence-corrected chi connectivity index (χ2v) is 5.29. The zero-order valence-corrected chi connectivity index (χ0v) is 12.4. The maximum atomic E-state index is 11.8. The number of nitrogens with zero attached hydrogens (tertiary/aromatic N) is 2. The van der Waals surface area contributed by atoms with Crippen molar-refractivity contribution in [3.8, 4) is 0 Å². The summed E-state index contributed by atoms with van der Waals surface area (Å²) in [5.74, 6) is 0.966. The van der Waals surface area contributed by atoms with Crippen LogP contribution in [0.1, 0.15) is 25.0 Å². The van der Waals surface area contributed by atoms with Crippen LogP contribution in [0.4, 0.5) is 11.5 Å². The molecular formula is C17H19N3O2. The largest absolute Gasteiger partial charge is 0.465 e. The molecule has 0 atom stereocenters. The quantitative estimate of drug-likeness (QED) is 0.880. The molecule has 5 heteroatoms. The second kappa shape index (κ2) is 6.93. The molecule has 114 valence electrons. The van der Waals surface area contributed by atoms with Crippen LogP contribution in [0.5, 0.6) is 0 Å². The van der Waals surface area contributed by atoms with E-state index < -0.39 is 0 Å². The Bertz CT molecular complexity index is 626. The van der Waals surface area contributed by atoms with Crippen molar-refractivity contribution >= 4 is 23.5 Å². The van der Waals surface area contributed by atoms with E-state index in [4.69, 9.17) is 4.42 Å². The monoisotopic (exact) mass is 297 g/mol. The third-order valence-electron chi connectivity index (χ3n) is 3.66. The predicted octanol–water partition coefficient (Wildman–Crippen LogP) is 3.32. The average molecular weight is 297 g/mol. The molecule has 0 unspecified atom stereocenters. The van der Waals surface area contributed by atoms with Gasteiger partial charge in [-0.05, 0) is 49.6 Å². The Kier molecular flexibility index (Phi) is 4.53. The normalized spacial score (nSPS) is 15.2. The Hall–Kier alpha value is -2.56. The molecule has 0 aliphatic carbocycles. The van der Waals surface area contributed by atoms with Crippen LogP contribution >= 0.6 is 0 Å². The van der Waals surface area contributed by atoms with E-state index in [0.29, 0.717) is 11.6 Å². The van der Waals surface area contributed by atoms with Crippen LogP contribution in [0.15, 0.2) is 47.2 Å². The molecule has 1 saturated heterocycles. The number of carbonyl (C=O) groups excluding carboxylic acids is 1. The highest BCUT2D eigenvalue weighted by Gasteiger charge is 2.11. The van der Waals surface area contributed by atoms with E-state index in [1.165, 1.54) is 25.3 Å². The molecule has 3 heterocycles. The van der Waals surface area contributed by atoms with E-state index in [-0.39, 0.29) is 5.91 Å². The third-order valence-corrected chi connectivity index (χ3v) is 3.66. The molecule has 0 aromatic carbocycles. The smallest absolute Gasteiger partial charge is 0.249 e. The van der Waals surface area contributed by atoms with Crippen molar-refractivity contribution in [3.05, 3.63) is 48.6 Å². The molecule has 22 heavy (non-hydrogen) atoms. The van der Waals surface area contributed by atoms with Gasteiger partial charge in [0.05, 0.1) is 18.1 Å². The van der Waals surface area contributed by atoms with E-state index in [0.717, 1.165) is 18.8 Å². The summed E-state index contributed by atoms with van der Waals surface area (Å²) in [6.07, 6.45) is 10.2. The van der Waals surface area contributed by atoms with Gasteiger partial charge in [0.2, 0.25) is 5.91 Å². The molecule has 0 spiro atoms. The van der Waals surface area contributed by atoms with Crippen molar-refractivity contribution in [3.63, 3.8) is 0 Å². The minimum atomic E-state index is -0.227. The molecule has 5 nitrogen and oxygen atoms in total. The van der Waals surface area contributed by atoms with Crippen LogP contribution < -0.4 is 10.2 Å². The first-order chi connectivity index (χ1) is 10.8. The third kappa shape index (κ3) is 3.75. The van der Waals surface area contributed by atoms with Crippen molar-refractivity contribution in [2.24, 2.45) is 0 Å². The average Bonchev–Trinajstić information content (AvgIpc) is 3.08. The maximum absolute atomic E-state index is 11.8. The summed E-state index contributed by atoms with van der Waals surface area (Å²) in [5, 5.41) is 2.74. The number of rotatable bonds is 4. The van der Waals surface area contributed by atoms with Crippen molar-refractivity contribution in [2.45, 2.75) is 19.3 Å². The SMILES string of the molecule is O=C(/C=C/c1ccco1)Nc1ccc(N2CCCCC2)cn1. The first kappa shape index (κ1) is 14.4. The van der Waals surface area contributed by atoms with E-state index in [1.807, 2.05) is 18.3 Å². The molecule has 2 aromatic heterocycles. The Morgan fingerprint density at radius 3 is 2.77 bits per heavy atom. The number of anilines is 2. The molecule has 2 aromatic rings. The number of furan rings is 1. The van der Waals surface area contributed by atoms with Crippen LogP contribution in [0.2, 0.25) is 0 Å². The number of nitrogens with one attached hydrogen (secondary N) is 1. The standard InChI is InChI=1S/C17H19N3O2/c21-17(9-7-15-5-4-12-22-15)19-16-8-6-14(13-18-16)20-10-2-1-3-11-20/h4-9,12-13H,1-3,10-11H2,(H,18,19,21)/b9-7+. The predicted molar refractivity (Wildman–Crippen MR) is 86.7 cm³/mol. The molecule has 0 bridgehead atoms. The summed E-state index contributed by atoms with van der Waals surface area (Å²) in [5.41, 5.74) is 1.11. The number of hydrogen-bond donors (Lipinski definition) is 1. The highest BCUT2D eigenvalue weighted by molar-refractivity contribution is 6.01. The lowest BCUT2D eigenvalue weighted by Gasteiger charge is -2.28. The Morgan fingerprint density at radius 2 is 2.09 bits per heavy atom. The van der Waals surface area contributed by atoms with Gasteiger partial charge in [0, 0.05) is 19.2 Å². The minimum absolute atomic E-state index is 0.227. The summed E-state index contributed by atoms with van der Waals surface area (Å²) in [4.78, 5) is 18.4. The molecule has 0 radical (unpaired) electrons. The molecule has 0 saturated carbocycles. The number of hydrogen-bond acceptors (Lipinski definition) is 4. The highest BCUT2D eigenvalue weighted by atomic mass is 16.3. The van der Waals surface area contributed by atoms with Gasteiger partial charge in [-0.3, -0.25) is 4.79 Å². The van der Waals surface area contributed by atoms with Gasteiger partial charge < -0.3 is 14.6 Å². The van der Waals surface area contributed by atoms with E-state index in [2.05, 4.69) is 15.2 Å². The summed E-state index contributed by atoms with van der Waals surface area (Å²) >= 11 is 0. The number of carbonyl (C=O) groups is 1. The summed E-state index contributed by atoms with van der Waals surface area (Å²) in [7, 11) is 0. The van der Waals surface area contributed by atoms with E-state index in [1.54, 1.807) is 24.5 Å². The zero-order chi connectivity index (χ0) is 15.2. The van der Waals surface area contributed by atoms with Crippen LogP contribution in [0, 0.1) is 0 Å². The van der Waals surface area contributed by atoms with Crippen LogP contribution in [0.25, 0.3) is 6.08 Å². The van der Waals surface area contributed by atoms with Gasteiger partial charge in [-0.15, -0.1) is 0 Å². The van der Waals surface area contributed by atoms with Gasteiger partial charge in [-0.2, -0.15) is 0 Å². The minimum Gasteiger partial charge on any atom is -0.465 e. The topological polar surface area (TPSA) is 58.4 Å². The molecular weight excluding hydrogens is 278 g/mol. The fraction of sp³-hybridized carbons (Fsp3) is 0.294. The second-order valence-electron chi connectivity index (χ2n) is 5.29. The first-order valence-electron chi connectivity index (χ1n) is 7.55. The van der Waals surface area contributed by atoms with Crippen LogP contribution in [0.3, 0.4) is 0 Å². The van der Waals surface area contributed by atoms with Crippen LogP contribution in [-0.2, 0) is 4.79 Å². The van der Waals surface area contributed by atoms with Crippen molar-refractivity contribution in [1.29, 1.82) is 0 Å². The Morgan fingerprint density at radius 1 is 1.23 bits per heavy atom. The lowest BCUT2D eigenvalue weighted by molar-refractivity contribution is -0.111. The van der Waals surface area contributed by atoms with Crippen molar-refractivity contribution < 1.29 is 9.21 Å². The molecule has 3 rings (SSSR count). The Balaban J connectivity index is 1.57. The number of aromatic nitrogens is 1. The van der Waals surface area contributed by atoms with Gasteiger partial charge in [-0.1, -0.05) is 0 Å². The molecule has 1 N–H and O–H groups in total. The summed E-state index contributed by atoms with van der Waals surface area (Å²) < 4.78 is 5.13. The van der Waals surface area contributed by atoms with Gasteiger partial charge in [0.1, 0.15) is 11.6 Å².